The summed E-state index contributed by atoms with van der Waals surface area (Å²) in [6.45, 7) is 4.31. The first-order valence-electron chi connectivity index (χ1n) is 5.86. The number of ether oxygens (including phenoxy) is 1. The maximum Gasteiger partial charge on any atom is 0.119 e. The van der Waals surface area contributed by atoms with Crippen LogP contribution in [0.1, 0.15) is 36.5 Å². The zero-order chi connectivity index (χ0) is 11.4. The third kappa shape index (κ3) is 2.45. The molecule has 0 radical (unpaired) electrons. The molecule has 1 atom stereocenters. The second-order valence-corrected chi connectivity index (χ2v) is 4.19. The van der Waals surface area contributed by atoms with E-state index in [1.807, 2.05) is 18.2 Å². The minimum absolute atomic E-state index is 0.313. The minimum atomic E-state index is -0.313. The summed E-state index contributed by atoms with van der Waals surface area (Å²) < 4.78 is 5.58. The van der Waals surface area contributed by atoms with Crippen LogP contribution in [0.2, 0.25) is 0 Å². The van der Waals surface area contributed by atoms with Gasteiger partial charge in [-0.05, 0) is 48.9 Å². The molecule has 86 valence electrons. The van der Waals surface area contributed by atoms with Crippen LogP contribution in [0, 0.1) is 0 Å². The van der Waals surface area contributed by atoms with Crippen LogP contribution in [-0.2, 0) is 6.42 Å². The molecule has 2 nitrogen and oxygen atoms in total. The van der Waals surface area contributed by atoms with Gasteiger partial charge in [-0.1, -0.05) is 12.1 Å². The molecule has 0 saturated heterocycles. The third-order valence-corrected chi connectivity index (χ3v) is 2.99. The van der Waals surface area contributed by atoms with Gasteiger partial charge < -0.3 is 9.84 Å². The first-order valence-corrected chi connectivity index (χ1v) is 5.86. The van der Waals surface area contributed by atoms with Crippen molar-refractivity contribution in [1.29, 1.82) is 0 Å². The zero-order valence-corrected chi connectivity index (χ0v) is 9.48. The van der Waals surface area contributed by atoms with Gasteiger partial charge in [0.25, 0.3) is 0 Å². The van der Waals surface area contributed by atoms with Gasteiger partial charge in [0.05, 0.1) is 12.7 Å². The van der Waals surface area contributed by atoms with E-state index in [4.69, 9.17) is 4.74 Å². The van der Waals surface area contributed by atoms with E-state index in [0.29, 0.717) is 6.61 Å². The van der Waals surface area contributed by atoms with Gasteiger partial charge in [-0.2, -0.15) is 0 Å². The van der Waals surface area contributed by atoms with E-state index < -0.39 is 0 Å². The van der Waals surface area contributed by atoms with Crippen molar-refractivity contribution in [3.05, 3.63) is 42.0 Å². The summed E-state index contributed by atoms with van der Waals surface area (Å²) in [5.74, 6) is 0.849. The predicted octanol–water partition coefficient (Wildman–Crippen LogP) is 3.01. The number of aliphatic hydroxyl groups is 1. The van der Waals surface area contributed by atoms with Crippen LogP contribution in [0.25, 0.3) is 0 Å². The highest BCUT2D eigenvalue weighted by atomic mass is 16.5. The van der Waals surface area contributed by atoms with Gasteiger partial charge in [0.1, 0.15) is 5.75 Å². The molecular weight excluding hydrogens is 200 g/mol. The SMILES string of the molecule is C=CCCOc1ccc2c(c1)[C@@H](O)CCC2. The number of benzene rings is 1. The Hall–Kier alpha value is -1.28. The Bertz CT molecular complexity index is 371. The first-order chi connectivity index (χ1) is 7.81. The van der Waals surface area contributed by atoms with Crippen molar-refractivity contribution >= 4 is 0 Å². The molecule has 0 aliphatic heterocycles. The summed E-state index contributed by atoms with van der Waals surface area (Å²) in [5.41, 5.74) is 2.30. The molecule has 1 N–H and O–H groups in total. The van der Waals surface area contributed by atoms with Crippen LogP contribution in [0.5, 0.6) is 5.75 Å². The molecule has 1 aromatic carbocycles. The molecular formula is C14H18O2. The summed E-state index contributed by atoms with van der Waals surface area (Å²) in [4.78, 5) is 0. The Kier molecular flexibility index (Phi) is 3.62. The fourth-order valence-corrected chi connectivity index (χ4v) is 2.10. The number of aryl methyl sites for hydroxylation is 1. The Morgan fingerprint density at radius 3 is 3.19 bits per heavy atom. The van der Waals surface area contributed by atoms with Gasteiger partial charge in [-0.15, -0.1) is 6.58 Å². The topological polar surface area (TPSA) is 29.5 Å². The lowest BCUT2D eigenvalue weighted by Crippen LogP contribution is -2.09. The van der Waals surface area contributed by atoms with Crippen LogP contribution in [0.15, 0.2) is 30.9 Å². The molecule has 0 amide bonds. The van der Waals surface area contributed by atoms with E-state index in [1.54, 1.807) is 0 Å². The van der Waals surface area contributed by atoms with Crippen LogP contribution in [0.3, 0.4) is 0 Å². The summed E-state index contributed by atoms with van der Waals surface area (Å²) in [6, 6.07) is 6.03. The van der Waals surface area contributed by atoms with E-state index in [1.165, 1.54) is 5.56 Å². The fourth-order valence-electron chi connectivity index (χ4n) is 2.10. The molecule has 16 heavy (non-hydrogen) atoms. The normalized spacial score (nSPS) is 18.9. The lowest BCUT2D eigenvalue weighted by atomic mass is 9.89. The quantitative estimate of drug-likeness (QED) is 0.622. The third-order valence-electron chi connectivity index (χ3n) is 2.99. The van der Waals surface area contributed by atoms with E-state index in [9.17, 15) is 5.11 Å². The number of rotatable bonds is 4. The average Bonchev–Trinajstić information content (AvgIpc) is 2.30. The second-order valence-electron chi connectivity index (χ2n) is 4.19. The maximum atomic E-state index is 9.89. The lowest BCUT2D eigenvalue weighted by Gasteiger charge is -2.21. The molecule has 2 rings (SSSR count). The smallest absolute Gasteiger partial charge is 0.119 e. The molecule has 0 fully saturated rings. The molecule has 0 saturated carbocycles. The number of hydrogen-bond acceptors (Lipinski definition) is 2. The Morgan fingerprint density at radius 2 is 2.38 bits per heavy atom. The van der Waals surface area contributed by atoms with Crippen LogP contribution < -0.4 is 4.74 Å². The highest BCUT2D eigenvalue weighted by Crippen LogP contribution is 2.32. The van der Waals surface area contributed by atoms with Crippen molar-refractivity contribution in [3.63, 3.8) is 0 Å². The minimum Gasteiger partial charge on any atom is -0.493 e. The summed E-state index contributed by atoms with van der Waals surface area (Å²) in [6.07, 6.45) is 5.38. The van der Waals surface area contributed by atoms with E-state index in [2.05, 4.69) is 12.6 Å². The van der Waals surface area contributed by atoms with Crippen molar-refractivity contribution in [2.75, 3.05) is 6.61 Å². The standard InChI is InChI=1S/C14H18O2/c1-2-3-9-16-12-8-7-11-5-4-6-14(15)13(11)10-12/h2,7-8,10,14-15H,1,3-6,9H2/t14-/m0/s1. The Morgan fingerprint density at radius 1 is 1.50 bits per heavy atom. The van der Waals surface area contributed by atoms with E-state index in [-0.39, 0.29) is 6.10 Å². The molecule has 1 aromatic rings. The summed E-state index contributed by atoms with van der Waals surface area (Å²) in [7, 11) is 0. The molecule has 2 heteroatoms. The number of aliphatic hydroxyl groups excluding tert-OH is 1. The lowest BCUT2D eigenvalue weighted by molar-refractivity contribution is 0.156. The van der Waals surface area contributed by atoms with Crippen LogP contribution in [-0.4, -0.2) is 11.7 Å². The second kappa shape index (κ2) is 5.17. The molecule has 0 bridgehead atoms. The van der Waals surface area contributed by atoms with Gasteiger partial charge in [-0.3, -0.25) is 0 Å². The summed E-state index contributed by atoms with van der Waals surface area (Å²) >= 11 is 0. The molecule has 0 heterocycles. The van der Waals surface area contributed by atoms with Crippen LogP contribution in [0.4, 0.5) is 0 Å². The van der Waals surface area contributed by atoms with Crippen molar-refractivity contribution < 1.29 is 9.84 Å². The average molecular weight is 218 g/mol. The van der Waals surface area contributed by atoms with Crippen molar-refractivity contribution in [2.24, 2.45) is 0 Å². The summed E-state index contributed by atoms with van der Waals surface area (Å²) in [5, 5.41) is 9.89. The van der Waals surface area contributed by atoms with E-state index >= 15 is 0 Å². The van der Waals surface area contributed by atoms with E-state index in [0.717, 1.165) is 37.0 Å². The van der Waals surface area contributed by atoms with Crippen molar-refractivity contribution in [2.45, 2.75) is 31.8 Å². The maximum absolute atomic E-state index is 9.89. The van der Waals surface area contributed by atoms with Crippen LogP contribution >= 0.6 is 0 Å². The van der Waals surface area contributed by atoms with Gasteiger partial charge in [0.15, 0.2) is 0 Å². The highest BCUT2D eigenvalue weighted by Gasteiger charge is 2.18. The van der Waals surface area contributed by atoms with Gasteiger partial charge in [0, 0.05) is 0 Å². The Labute approximate surface area is 96.6 Å². The fraction of sp³-hybridized carbons (Fsp3) is 0.429. The van der Waals surface area contributed by atoms with Gasteiger partial charge in [-0.25, -0.2) is 0 Å². The largest absolute Gasteiger partial charge is 0.493 e. The zero-order valence-electron chi connectivity index (χ0n) is 9.48. The molecule has 0 unspecified atom stereocenters. The molecule has 0 aromatic heterocycles. The first kappa shape index (κ1) is 11.2. The number of fused-ring (bicyclic) bond motifs is 1. The van der Waals surface area contributed by atoms with Gasteiger partial charge in [0.2, 0.25) is 0 Å². The highest BCUT2D eigenvalue weighted by molar-refractivity contribution is 5.38. The van der Waals surface area contributed by atoms with Crippen molar-refractivity contribution in [1.82, 2.24) is 0 Å². The monoisotopic (exact) mass is 218 g/mol. The predicted molar refractivity (Wildman–Crippen MR) is 64.6 cm³/mol. The molecule has 1 aliphatic carbocycles. The molecule has 1 aliphatic rings. The molecule has 0 spiro atoms. The number of hydrogen-bond donors (Lipinski definition) is 1. The van der Waals surface area contributed by atoms with Crippen molar-refractivity contribution in [3.8, 4) is 5.75 Å². The Balaban J connectivity index is 2.11. The van der Waals surface area contributed by atoms with Gasteiger partial charge >= 0.3 is 0 Å².